The number of likely N-dealkylation sites (N-methyl/N-ethyl adjacent to an activating group) is 1. The molecule has 0 aliphatic carbocycles. The second kappa shape index (κ2) is 5.54. The Kier molecular flexibility index (Phi) is 4.20. The van der Waals surface area contributed by atoms with Crippen molar-refractivity contribution in [1.82, 2.24) is 4.90 Å². The zero-order valence-electron chi connectivity index (χ0n) is 11.5. The normalized spacial score (nSPS) is 32.5. The van der Waals surface area contributed by atoms with E-state index in [1.54, 1.807) is 26.4 Å². The predicted molar refractivity (Wildman–Crippen MR) is 69.4 cm³/mol. The van der Waals surface area contributed by atoms with Crippen molar-refractivity contribution in [2.45, 2.75) is 17.8 Å². The minimum atomic E-state index is -1.27. The highest BCUT2D eigenvalue weighted by atomic mass is 19.1. The highest BCUT2D eigenvalue weighted by Crippen LogP contribution is 2.36. The van der Waals surface area contributed by atoms with Crippen LogP contribution < -0.4 is 0 Å². The Bertz CT molecular complexity index is 409. The third-order valence-electron chi connectivity index (χ3n) is 3.81. The van der Waals surface area contributed by atoms with E-state index in [2.05, 4.69) is 0 Å². The fourth-order valence-electron chi connectivity index (χ4n) is 2.72. The number of halogens is 1. The van der Waals surface area contributed by atoms with Gasteiger partial charge in [0.05, 0.1) is 0 Å². The first-order valence-corrected chi connectivity index (χ1v) is 6.25. The quantitative estimate of drug-likeness (QED) is 0.888. The molecule has 1 heterocycles. The smallest absolute Gasteiger partial charge is 0.144 e. The third-order valence-corrected chi connectivity index (χ3v) is 3.81. The molecule has 0 saturated carbocycles. The zero-order chi connectivity index (χ0) is 14.0. The molecule has 2 rings (SSSR count). The third kappa shape index (κ3) is 2.51. The molecule has 2 atom stereocenters. The lowest BCUT2D eigenvalue weighted by molar-refractivity contribution is -0.204. The lowest BCUT2D eigenvalue weighted by atomic mass is 9.79. The Morgan fingerprint density at radius 1 is 1.16 bits per heavy atom. The molecule has 1 fully saturated rings. The summed E-state index contributed by atoms with van der Waals surface area (Å²) in [5.74, 6) is -0.330. The summed E-state index contributed by atoms with van der Waals surface area (Å²) in [5, 5.41) is 11.1. The minimum absolute atomic E-state index is 0.330. The number of nitrogens with zero attached hydrogens (tertiary/aromatic N) is 1. The van der Waals surface area contributed by atoms with Crippen LogP contribution in [0.3, 0.4) is 0 Å². The van der Waals surface area contributed by atoms with Crippen LogP contribution in [0.5, 0.6) is 0 Å². The van der Waals surface area contributed by atoms with Gasteiger partial charge in [0, 0.05) is 27.3 Å². The van der Waals surface area contributed by atoms with Crippen molar-refractivity contribution in [1.29, 1.82) is 0 Å². The molecular weight excluding hydrogens is 249 g/mol. The number of methoxy groups -OCH3 is 2. The Labute approximate surface area is 112 Å². The molecule has 0 spiro atoms. The molecular formula is C14H20FNO3. The molecule has 19 heavy (non-hydrogen) atoms. The van der Waals surface area contributed by atoms with Gasteiger partial charge in [0.2, 0.25) is 0 Å². The van der Waals surface area contributed by atoms with Gasteiger partial charge in [0.25, 0.3) is 0 Å². The molecule has 1 aliphatic heterocycles. The van der Waals surface area contributed by atoms with Crippen LogP contribution in [0.25, 0.3) is 0 Å². The minimum Gasteiger partial charge on any atom is -0.380 e. The van der Waals surface area contributed by atoms with Crippen molar-refractivity contribution < 1.29 is 19.0 Å². The summed E-state index contributed by atoms with van der Waals surface area (Å²) in [6.45, 7) is 1.18. The first-order valence-electron chi connectivity index (χ1n) is 6.25. The molecule has 0 bridgehead atoms. The fourth-order valence-corrected chi connectivity index (χ4v) is 2.72. The summed E-state index contributed by atoms with van der Waals surface area (Å²) in [6.07, 6.45) is -0.858. The van der Waals surface area contributed by atoms with Crippen LogP contribution in [-0.4, -0.2) is 56.6 Å². The largest absolute Gasteiger partial charge is 0.380 e. The Balaban J connectivity index is 2.42. The molecule has 0 amide bonds. The van der Waals surface area contributed by atoms with Crippen molar-refractivity contribution in [3.63, 3.8) is 0 Å². The zero-order valence-corrected chi connectivity index (χ0v) is 11.5. The lowest BCUT2D eigenvalue weighted by Gasteiger charge is -2.47. The van der Waals surface area contributed by atoms with Gasteiger partial charge in [-0.15, -0.1) is 0 Å². The Morgan fingerprint density at radius 2 is 1.63 bits per heavy atom. The van der Waals surface area contributed by atoms with E-state index in [4.69, 9.17) is 9.47 Å². The van der Waals surface area contributed by atoms with E-state index >= 15 is 0 Å². The van der Waals surface area contributed by atoms with Crippen LogP contribution in [0, 0.1) is 5.82 Å². The topological polar surface area (TPSA) is 41.9 Å². The number of aliphatic hydroxyl groups is 1. The molecule has 1 aromatic rings. The maximum atomic E-state index is 13.0. The van der Waals surface area contributed by atoms with Crippen LogP contribution in [0.15, 0.2) is 24.3 Å². The average Bonchev–Trinajstić information content (AvgIpc) is 2.41. The van der Waals surface area contributed by atoms with E-state index in [-0.39, 0.29) is 5.82 Å². The van der Waals surface area contributed by atoms with Crippen molar-refractivity contribution in [2.75, 3.05) is 34.4 Å². The molecule has 1 aromatic carbocycles. The SMILES string of the molecule is COC1CN(C)CC(OC)C1(O)c1ccc(F)cc1. The number of rotatable bonds is 3. The van der Waals surface area contributed by atoms with Crippen molar-refractivity contribution in [3.05, 3.63) is 35.6 Å². The number of hydrogen-bond donors (Lipinski definition) is 1. The monoisotopic (exact) mass is 269 g/mol. The highest BCUT2D eigenvalue weighted by molar-refractivity contribution is 5.27. The first kappa shape index (κ1) is 14.4. The van der Waals surface area contributed by atoms with Gasteiger partial charge in [-0.05, 0) is 24.7 Å². The van der Waals surface area contributed by atoms with Crippen LogP contribution in [0.2, 0.25) is 0 Å². The number of likely N-dealkylation sites (tertiary alicyclic amines) is 1. The van der Waals surface area contributed by atoms with Gasteiger partial charge >= 0.3 is 0 Å². The number of benzene rings is 1. The summed E-state index contributed by atoms with van der Waals surface area (Å²) < 4.78 is 23.9. The maximum Gasteiger partial charge on any atom is 0.144 e. The summed E-state index contributed by atoms with van der Waals surface area (Å²) in [6, 6.07) is 5.84. The van der Waals surface area contributed by atoms with E-state index in [9.17, 15) is 9.50 Å². The van der Waals surface area contributed by atoms with E-state index in [1.807, 2.05) is 11.9 Å². The summed E-state index contributed by atoms with van der Waals surface area (Å²) >= 11 is 0. The second-order valence-corrected chi connectivity index (χ2v) is 5.00. The van der Waals surface area contributed by atoms with E-state index in [0.717, 1.165) is 0 Å². The molecule has 0 aromatic heterocycles. The van der Waals surface area contributed by atoms with E-state index in [1.165, 1.54) is 12.1 Å². The predicted octanol–water partition coefficient (Wildman–Crippen LogP) is 0.989. The highest BCUT2D eigenvalue weighted by Gasteiger charge is 2.50. The molecule has 2 unspecified atom stereocenters. The summed E-state index contributed by atoms with van der Waals surface area (Å²) in [4.78, 5) is 2.04. The van der Waals surface area contributed by atoms with Gasteiger partial charge in [0.15, 0.2) is 0 Å². The van der Waals surface area contributed by atoms with Gasteiger partial charge in [-0.1, -0.05) is 12.1 Å². The van der Waals surface area contributed by atoms with Crippen LogP contribution in [-0.2, 0) is 15.1 Å². The molecule has 1 saturated heterocycles. The average molecular weight is 269 g/mol. The molecule has 0 radical (unpaired) electrons. The lowest BCUT2D eigenvalue weighted by Crippen LogP contribution is -2.62. The standard InChI is InChI=1S/C14H20FNO3/c1-16-8-12(18-2)14(17,13(9-16)19-3)10-4-6-11(15)7-5-10/h4-7,12-13,17H,8-9H2,1-3H3. The van der Waals surface area contributed by atoms with Gasteiger partial charge in [-0.3, -0.25) is 0 Å². The van der Waals surface area contributed by atoms with Crippen molar-refractivity contribution >= 4 is 0 Å². The van der Waals surface area contributed by atoms with E-state index in [0.29, 0.717) is 18.7 Å². The fraction of sp³-hybridized carbons (Fsp3) is 0.571. The number of hydrogen-bond acceptors (Lipinski definition) is 4. The Hall–Kier alpha value is -1.01. The van der Waals surface area contributed by atoms with Crippen LogP contribution >= 0.6 is 0 Å². The summed E-state index contributed by atoms with van der Waals surface area (Å²) in [7, 11) is 5.07. The molecule has 5 heteroatoms. The first-order chi connectivity index (χ1) is 9.02. The molecule has 1 N–H and O–H groups in total. The molecule has 1 aliphatic rings. The van der Waals surface area contributed by atoms with Crippen molar-refractivity contribution in [3.8, 4) is 0 Å². The second-order valence-electron chi connectivity index (χ2n) is 5.00. The number of ether oxygens (including phenoxy) is 2. The maximum absolute atomic E-state index is 13.0. The van der Waals surface area contributed by atoms with Gasteiger partial charge in [-0.25, -0.2) is 4.39 Å². The van der Waals surface area contributed by atoms with Crippen LogP contribution in [0.1, 0.15) is 5.56 Å². The molecule has 4 nitrogen and oxygen atoms in total. The van der Waals surface area contributed by atoms with Crippen LogP contribution in [0.4, 0.5) is 4.39 Å². The van der Waals surface area contributed by atoms with Gasteiger partial charge < -0.3 is 19.5 Å². The number of piperidine rings is 1. The van der Waals surface area contributed by atoms with Gasteiger partial charge in [-0.2, -0.15) is 0 Å². The van der Waals surface area contributed by atoms with Crippen molar-refractivity contribution in [2.24, 2.45) is 0 Å². The molecule has 106 valence electrons. The van der Waals surface area contributed by atoms with E-state index < -0.39 is 17.8 Å². The van der Waals surface area contributed by atoms with Gasteiger partial charge in [0.1, 0.15) is 23.6 Å². The Morgan fingerprint density at radius 3 is 2.05 bits per heavy atom. The summed E-state index contributed by atoms with van der Waals surface area (Å²) in [5.41, 5.74) is -0.662.